The first-order valence-corrected chi connectivity index (χ1v) is 4.85. The third-order valence-corrected chi connectivity index (χ3v) is 2.87. The number of pyridine rings is 1. The van der Waals surface area contributed by atoms with Crippen LogP contribution in [0.4, 0.5) is 0 Å². The van der Waals surface area contributed by atoms with Gasteiger partial charge in [0.05, 0.1) is 5.56 Å². The summed E-state index contributed by atoms with van der Waals surface area (Å²) in [6.07, 6.45) is 1.96. The van der Waals surface area contributed by atoms with Gasteiger partial charge in [0.1, 0.15) is 18.0 Å². The Balaban J connectivity index is 2.69. The van der Waals surface area contributed by atoms with Crippen LogP contribution in [-0.4, -0.2) is 10.1 Å². The van der Waals surface area contributed by atoms with Gasteiger partial charge in [0, 0.05) is 11.8 Å². The van der Waals surface area contributed by atoms with Crippen LogP contribution in [0.2, 0.25) is 0 Å². The Kier molecular flexibility index (Phi) is 2.16. The van der Waals surface area contributed by atoms with Crippen LogP contribution in [0, 0.1) is 0 Å². The summed E-state index contributed by atoms with van der Waals surface area (Å²) in [6, 6.07) is 1.70. The van der Waals surface area contributed by atoms with Crippen LogP contribution in [-0.2, 0) is 16.9 Å². The number of aromatic amines is 1. The minimum Gasteiger partial charge on any atom is -0.490 e. The first-order chi connectivity index (χ1) is 7.09. The van der Waals surface area contributed by atoms with Crippen LogP contribution in [0.3, 0.4) is 0 Å². The number of hydrogen-bond donors (Lipinski definition) is 2. The summed E-state index contributed by atoms with van der Waals surface area (Å²) in [5, 5.41) is 10.3. The molecule has 0 saturated heterocycles. The molecule has 4 nitrogen and oxygen atoms in total. The van der Waals surface area contributed by atoms with E-state index in [1.165, 1.54) is 6.20 Å². The fourth-order valence-corrected chi connectivity index (χ4v) is 1.86. The molecule has 0 aliphatic carbocycles. The van der Waals surface area contributed by atoms with Crippen molar-refractivity contribution in [2.45, 2.75) is 25.6 Å². The Morgan fingerprint density at radius 3 is 3.13 bits per heavy atom. The van der Waals surface area contributed by atoms with Crippen molar-refractivity contribution in [2.24, 2.45) is 0 Å². The maximum Gasteiger partial charge on any atom is 0.254 e. The van der Waals surface area contributed by atoms with Gasteiger partial charge in [-0.1, -0.05) is 13.5 Å². The monoisotopic (exact) mass is 207 g/mol. The maximum absolute atomic E-state index is 11.5. The molecule has 2 rings (SSSR count). The molecular formula is C11H13NO3. The highest BCUT2D eigenvalue weighted by Gasteiger charge is 2.38. The molecule has 1 atom stereocenters. The molecule has 0 saturated carbocycles. The summed E-state index contributed by atoms with van der Waals surface area (Å²) in [4.78, 5) is 14.1. The van der Waals surface area contributed by atoms with Gasteiger partial charge in [-0.15, -0.1) is 0 Å². The van der Waals surface area contributed by atoms with Crippen molar-refractivity contribution >= 4 is 0 Å². The van der Waals surface area contributed by atoms with Crippen LogP contribution < -0.4 is 5.56 Å². The second-order valence-electron chi connectivity index (χ2n) is 3.62. The van der Waals surface area contributed by atoms with Gasteiger partial charge >= 0.3 is 0 Å². The quantitative estimate of drug-likeness (QED) is 0.722. The number of rotatable bonds is 1. The second kappa shape index (κ2) is 3.24. The molecule has 0 amide bonds. The van der Waals surface area contributed by atoms with E-state index in [0.29, 0.717) is 23.3 Å². The molecule has 1 aromatic rings. The highest BCUT2D eigenvalue weighted by atomic mass is 16.5. The lowest BCUT2D eigenvalue weighted by Gasteiger charge is -2.34. The molecule has 4 heteroatoms. The number of nitrogens with one attached hydrogen (secondary N) is 1. The minimum atomic E-state index is -1.23. The molecule has 0 unspecified atom stereocenters. The molecule has 0 spiro atoms. The number of H-pyrrole nitrogens is 1. The summed E-state index contributed by atoms with van der Waals surface area (Å²) in [7, 11) is 0. The lowest BCUT2D eigenvalue weighted by atomic mass is 9.85. The van der Waals surface area contributed by atoms with Gasteiger partial charge < -0.3 is 14.8 Å². The smallest absolute Gasteiger partial charge is 0.254 e. The van der Waals surface area contributed by atoms with E-state index in [4.69, 9.17) is 4.74 Å². The van der Waals surface area contributed by atoms with Crippen LogP contribution in [0.5, 0.6) is 0 Å². The topological polar surface area (TPSA) is 62.3 Å². The average molecular weight is 207 g/mol. The van der Waals surface area contributed by atoms with Crippen molar-refractivity contribution in [3.05, 3.63) is 46.1 Å². The number of aromatic nitrogens is 1. The third kappa shape index (κ3) is 1.29. The Bertz CT molecular complexity index is 463. The molecule has 2 N–H and O–H groups in total. The molecule has 1 aliphatic heterocycles. The van der Waals surface area contributed by atoms with E-state index < -0.39 is 5.60 Å². The number of fused-ring (bicyclic) bond motifs is 1. The van der Waals surface area contributed by atoms with Crippen LogP contribution in [0.1, 0.15) is 24.5 Å². The molecule has 0 fully saturated rings. The standard InChI is InChI=1S/C11H13NO3/c1-3-11(14)7(2)15-6-8-9(11)4-5-12-10(8)13/h4-5,14H,2-3,6H2,1H3,(H,12,13)/t11-/m1/s1. The number of ether oxygens (including phenoxy) is 1. The van der Waals surface area contributed by atoms with Crippen molar-refractivity contribution in [1.82, 2.24) is 4.98 Å². The molecular weight excluding hydrogens is 194 g/mol. The van der Waals surface area contributed by atoms with E-state index in [2.05, 4.69) is 11.6 Å². The fourth-order valence-electron chi connectivity index (χ4n) is 1.86. The summed E-state index contributed by atoms with van der Waals surface area (Å²) in [5.41, 5.74) is -0.367. The highest BCUT2D eigenvalue weighted by Crippen LogP contribution is 2.37. The van der Waals surface area contributed by atoms with Crippen LogP contribution in [0.15, 0.2) is 29.4 Å². The zero-order valence-electron chi connectivity index (χ0n) is 8.54. The number of aliphatic hydroxyl groups is 1. The summed E-state index contributed by atoms with van der Waals surface area (Å²) in [6.45, 7) is 5.68. The predicted octanol–water partition coefficient (Wildman–Crippen LogP) is 1.02. The van der Waals surface area contributed by atoms with E-state index in [1.54, 1.807) is 6.07 Å². The first-order valence-electron chi connectivity index (χ1n) is 4.85. The zero-order chi connectivity index (χ0) is 11.1. The molecule has 1 aromatic heterocycles. The van der Waals surface area contributed by atoms with Gasteiger partial charge in [0.25, 0.3) is 5.56 Å². The molecule has 1 aliphatic rings. The highest BCUT2D eigenvalue weighted by molar-refractivity contribution is 5.36. The van der Waals surface area contributed by atoms with Gasteiger partial charge in [0.2, 0.25) is 0 Å². The minimum absolute atomic E-state index is 0.173. The summed E-state index contributed by atoms with van der Waals surface area (Å²) < 4.78 is 5.23. The summed E-state index contributed by atoms with van der Waals surface area (Å²) >= 11 is 0. The number of hydrogen-bond acceptors (Lipinski definition) is 3. The summed E-state index contributed by atoms with van der Waals surface area (Å²) in [5.74, 6) is 0.308. The Hall–Kier alpha value is -1.55. The molecule has 0 bridgehead atoms. The molecule has 0 aromatic carbocycles. The third-order valence-electron chi connectivity index (χ3n) is 2.87. The zero-order valence-corrected chi connectivity index (χ0v) is 8.54. The van der Waals surface area contributed by atoms with Crippen molar-refractivity contribution < 1.29 is 9.84 Å². The lowest BCUT2D eigenvalue weighted by Crippen LogP contribution is -2.36. The van der Waals surface area contributed by atoms with E-state index in [9.17, 15) is 9.90 Å². The van der Waals surface area contributed by atoms with Crippen molar-refractivity contribution in [2.75, 3.05) is 0 Å². The Morgan fingerprint density at radius 2 is 2.47 bits per heavy atom. The van der Waals surface area contributed by atoms with E-state index in [-0.39, 0.29) is 12.2 Å². The van der Waals surface area contributed by atoms with Crippen molar-refractivity contribution in [3.8, 4) is 0 Å². The predicted molar refractivity (Wildman–Crippen MR) is 55.2 cm³/mol. The molecule has 2 heterocycles. The van der Waals surface area contributed by atoms with E-state index in [0.717, 1.165) is 0 Å². The molecule has 15 heavy (non-hydrogen) atoms. The first kappa shape index (κ1) is 9.98. The average Bonchev–Trinajstić information content (AvgIpc) is 2.24. The fraction of sp³-hybridized carbons (Fsp3) is 0.364. The van der Waals surface area contributed by atoms with Gasteiger partial charge in [0.15, 0.2) is 0 Å². The SMILES string of the molecule is C=C1OCc2c(cc[nH]c2=O)[C@@]1(O)CC. The molecule has 0 radical (unpaired) electrons. The Labute approximate surface area is 87.2 Å². The Morgan fingerprint density at radius 1 is 1.73 bits per heavy atom. The van der Waals surface area contributed by atoms with Gasteiger partial charge in [-0.25, -0.2) is 0 Å². The lowest BCUT2D eigenvalue weighted by molar-refractivity contribution is -0.0171. The van der Waals surface area contributed by atoms with Gasteiger partial charge in [-0.05, 0) is 12.5 Å². The van der Waals surface area contributed by atoms with Gasteiger partial charge in [-0.2, -0.15) is 0 Å². The van der Waals surface area contributed by atoms with Crippen LogP contribution in [0.25, 0.3) is 0 Å². The van der Waals surface area contributed by atoms with Crippen molar-refractivity contribution in [1.29, 1.82) is 0 Å². The van der Waals surface area contributed by atoms with E-state index in [1.807, 2.05) is 6.92 Å². The van der Waals surface area contributed by atoms with Crippen molar-refractivity contribution in [3.63, 3.8) is 0 Å². The second-order valence-corrected chi connectivity index (χ2v) is 3.62. The van der Waals surface area contributed by atoms with Crippen LogP contribution >= 0.6 is 0 Å². The maximum atomic E-state index is 11.5. The van der Waals surface area contributed by atoms with Gasteiger partial charge in [-0.3, -0.25) is 4.79 Å². The normalized spacial score (nSPS) is 24.5. The van der Waals surface area contributed by atoms with E-state index >= 15 is 0 Å². The largest absolute Gasteiger partial charge is 0.490 e. The molecule has 80 valence electrons.